The number of sulfonamides is 1. The van der Waals surface area contributed by atoms with Gasteiger partial charge in [-0.3, -0.25) is 0 Å². The summed E-state index contributed by atoms with van der Waals surface area (Å²) in [5, 5.41) is -0.806. The number of nitrogens with zero attached hydrogens (tertiary/aromatic N) is 1. The van der Waals surface area contributed by atoms with Crippen molar-refractivity contribution in [1.29, 1.82) is 0 Å². The smallest absolute Gasteiger partial charge is 0.211 e. The fraction of sp³-hybridized carbons (Fsp3) is 1.00. The molecule has 0 aromatic heterocycles. The maximum absolute atomic E-state index is 12.3. The third-order valence-electron chi connectivity index (χ3n) is 2.08. The molecule has 0 aromatic carbocycles. The number of rotatable bonds is 2. The van der Waals surface area contributed by atoms with Crippen molar-refractivity contribution in [2.24, 2.45) is 0 Å². The van der Waals surface area contributed by atoms with E-state index in [0.29, 0.717) is 4.31 Å². The lowest BCUT2D eigenvalue weighted by atomic mass is 10.2. The Morgan fingerprint density at radius 2 is 2.00 bits per heavy atom. The van der Waals surface area contributed by atoms with Crippen LogP contribution in [-0.2, 0) is 10.0 Å². The van der Waals surface area contributed by atoms with Crippen LogP contribution in [0.3, 0.4) is 0 Å². The van der Waals surface area contributed by atoms with Crippen molar-refractivity contribution >= 4 is 21.6 Å². The summed E-state index contributed by atoms with van der Waals surface area (Å²) >= 11 is 5.09. The van der Waals surface area contributed by atoms with Gasteiger partial charge in [-0.25, -0.2) is 8.42 Å². The second kappa shape index (κ2) is 3.86. The summed E-state index contributed by atoms with van der Waals surface area (Å²) in [4.78, 5) is 0. The molecular formula is C6H9ClF3NO2S. The predicted octanol–water partition coefficient (Wildman–Crippen LogP) is 1.54. The van der Waals surface area contributed by atoms with Crippen molar-refractivity contribution in [2.75, 3.05) is 11.8 Å². The number of hydrogen-bond acceptors (Lipinski definition) is 2. The molecule has 8 heteroatoms. The Balaban J connectivity index is 2.90. The average Bonchev–Trinajstić information content (AvgIpc) is 2.51. The second-order valence-electron chi connectivity index (χ2n) is 3.03. The summed E-state index contributed by atoms with van der Waals surface area (Å²) in [5.41, 5.74) is 0. The Morgan fingerprint density at radius 1 is 1.43 bits per heavy atom. The Kier molecular flexibility index (Phi) is 3.33. The Morgan fingerprint density at radius 3 is 2.43 bits per heavy atom. The van der Waals surface area contributed by atoms with Crippen LogP contribution in [0.2, 0.25) is 0 Å². The molecule has 1 rings (SSSR count). The van der Waals surface area contributed by atoms with E-state index in [-0.39, 0.29) is 19.4 Å². The monoisotopic (exact) mass is 251 g/mol. The first-order valence-electron chi connectivity index (χ1n) is 3.91. The van der Waals surface area contributed by atoms with E-state index < -0.39 is 27.5 Å². The van der Waals surface area contributed by atoms with Crippen LogP contribution >= 0.6 is 11.6 Å². The zero-order valence-electron chi connectivity index (χ0n) is 7.09. The molecule has 3 nitrogen and oxygen atoms in total. The van der Waals surface area contributed by atoms with E-state index in [9.17, 15) is 21.6 Å². The summed E-state index contributed by atoms with van der Waals surface area (Å²) in [6.45, 7) is -0.0980. The first kappa shape index (κ1) is 12.1. The second-order valence-corrected chi connectivity index (χ2v) is 5.54. The lowest BCUT2D eigenvalue weighted by Crippen LogP contribution is -2.44. The molecule has 0 aliphatic carbocycles. The summed E-state index contributed by atoms with van der Waals surface area (Å²) < 4.78 is 59.7. The van der Waals surface area contributed by atoms with Crippen LogP contribution in [0.25, 0.3) is 0 Å². The summed E-state index contributed by atoms with van der Waals surface area (Å²) in [6.07, 6.45) is -4.46. The van der Waals surface area contributed by atoms with Gasteiger partial charge in [0.1, 0.15) is 11.3 Å². The van der Waals surface area contributed by atoms with Gasteiger partial charge in [0.25, 0.3) is 0 Å². The minimum absolute atomic E-state index is 0.0980. The van der Waals surface area contributed by atoms with Gasteiger partial charge in [-0.1, -0.05) is 0 Å². The summed E-state index contributed by atoms with van der Waals surface area (Å²) in [6, 6.07) is -1.90. The largest absolute Gasteiger partial charge is 0.405 e. The van der Waals surface area contributed by atoms with E-state index in [1.165, 1.54) is 0 Å². The molecule has 1 fully saturated rings. The molecule has 1 aliphatic heterocycles. The van der Waals surface area contributed by atoms with E-state index in [0.717, 1.165) is 0 Å². The van der Waals surface area contributed by atoms with Gasteiger partial charge in [0.2, 0.25) is 10.0 Å². The molecular weight excluding hydrogens is 243 g/mol. The van der Waals surface area contributed by atoms with E-state index in [1.807, 2.05) is 0 Å². The molecule has 1 unspecified atom stereocenters. The first-order valence-corrected chi connectivity index (χ1v) is 6.05. The van der Waals surface area contributed by atoms with Crippen LogP contribution in [0.5, 0.6) is 0 Å². The van der Waals surface area contributed by atoms with Crippen LogP contribution in [-0.4, -0.2) is 36.7 Å². The fourth-order valence-electron chi connectivity index (χ4n) is 1.46. The van der Waals surface area contributed by atoms with E-state index in [1.54, 1.807) is 0 Å². The molecule has 0 spiro atoms. The highest BCUT2D eigenvalue weighted by molar-refractivity contribution is 7.90. The Hall–Kier alpha value is -0.0100. The molecule has 84 valence electrons. The van der Waals surface area contributed by atoms with Gasteiger partial charge in [0.15, 0.2) is 0 Å². The van der Waals surface area contributed by atoms with Crippen molar-refractivity contribution in [3.8, 4) is 0 Å². The van der Waals surface area contributed by atoms with Crippen LogP contribution in [0.15, 0.2) is 0 Å². The van der Waals surface area contributed by atoms with Gasteiger partial charge in [-0.15, -0.1) is 11.6 Å². The van der Waals surface area contributed by atoms with Crippen molar-refractivity contribution in [2.45, 2.75) is 25.1 Å². The number of halogens is 4. The van der Waals surface area contributed by atoms with E-state index in [4.69, 9.17) is 11.6 Å². The predicted molar refractivity (Wildman–Crippen MR) is 45.4 cm³/mol. The van der Waals surface area contributed by atoms with Gasteiger partial charge in [0.05, 0.1) is 0 Å². The first-order chi connectivity index (χ1) is 6.29. The molecule has 0 bridgehead atoms. The van der Waals surface area contributed by atoms with E-state index in [2.05, 4.69) is 0 Å². The van der Waals surface area contributed by atoms with Crippen LogP contribution in [0.4, 0.5) is 13.2 Å². The third-order valence-corrected chi connectivity index (χ3v) is 4.33. The fourth-order valence-corrected chi connectivity index (χ4v) is 2.98. The van der Waals surface area contributed by atoms with Crippen LogP contribution in [0, 0.1) is 0 Å². The Bertz CT molecular complexity index is 303. The molecule has 1 saturated heterocycles. The Labute approximate surface area is 84.9 Å². The highest BCUT2D eigenvalue weighted by atomic mass is 35.5. The molecule has 0 amide bonds. The normalized spacial score (nSPS) is 25.6. The molecule has 1 aliphatic rings. The highest BCUT2D eigenvalue weighted by Gasteiger charge is 2.49. The minimum Gasteiger partial charge on any atom is -0.211 e. The van der Waals surface area contributed by atoms with Gasteiger partial charge < -0.3 is 0 Å². The maximum Gasteiger partial charge on any atom is 0.405 e. The van der Waals surface area contributed by atoms with Crippen molar-refractivity contribution in [3.05, 3.63) is 0 Å². The molecule has 14 heavy (non-hydrogen) atoms. The summed E-state index contributed by atoms with van der Waals surface area (Å²) in [7, 11) is -3.95. The van der Waals surface area contributed by atoms with Gasteiger partial charge in [-0.2, -0.15) is 17.5 Å². The van der Waals surface area contributed by atoms with Crippen LogP contribution < -0.4 is 0 Å². The third kappa shape index (κ3) is 2.32. The van der Waals surface area contributed by atoms with Gasteiger partial charge in [0, 0.05) is 6.54 Å². The molecule has 1 heterocycles. The van der Waals surface area contributed by atoms with Crippen molar-refractivity contribution < 1.29 is 21.6 Å². The average molecular weight is 252 g/mol. The van der Waals surface area contributed by atoms with E-state index >= 15 is 0 Å². The standard InChI is InChI=1S/C6H9ClF3NO2S/c7-4-14(12,13)11-3-1-2-5(11)6(8,9)10/h5H,1-4H2. The lowest BCUT2D eigenvalue weighted by molar-refractivity contribution is -0.164. The topological polar surface area (TPSA) is 37.4 Å². The molecule has 0 aromatic rings. The maximum atomic E-state index is 12.3. The van der Waals surface area contributed by atoms with Gasteiger partial charge >= 0.3 is 6.18 Å². The molecule has 0 radical (unpaired) electrons. The van der Waals surface area contributed by atoms with Crippen molar-refractivity contribution in [1.82, 2.24) is 4.31 Å². The summed E-state index contributed by atoms with van der Waals surface area (Å²) in [5.74, 6) is 0. The molecule has 0 saturated carbocycles. The number of alkyl halides is 4. The SMILES string of the molecule is O=S(=O)(CCl)N1CCCC1C(F)(F)F. The minimum atomic E-state index is -4.50. The van der Waals surface area contributed by atoms with Crippen molar-refractivity contribution in [3.63, 3.8) is 0 Å². The number of hydrogen-bond donors (Lipinski definition) is 0. The van der Waals surface area contributed by atoms with Gasteiger partial charge in [-0.05, 0) is 12.8 Å². The molecule has 0 N–H and O–H groups in total. The zero-order chi connectivity index (χ0) is 11.0. The molecule has 1 atom stereocenters. The van der Waals surface area contributed by atoms with Crippen LogP contribution in [0.1, 0.15) is 12.8 Å². The quantitative estimate of drug-likeness (QED) is 0.698. The highest BCUT2D eigenvalue weighted by Crippen LogP contribution is 2.34. The lowest BCUT2D eigenvalue weighted by Gasteiger charge is -2.24. The zero-order valence-corrected chi connectivity index (χ0v) is 8.66.